The van der Waals surface area contributed by atoms with Crippen LogP contribution in [0.25, 0.3) is 11.3 Å². The minimum Gasteiger partial charge on any atom is -0.484 e. The number of furan rings is 1. The van der Waals surface area contributed by atoms with E-state index in [4.69, 9.17) is 13.7 Å². The molecule has 8 heteroatoms. The number of carbonyl (C=O) groups is 2. The van der Waals surface area contributed by atoms with Gasteiger partial charge < -0.3 is 19.0 Å². The van der Waals surface area contributed by atoms with Gasteiger partial charge in [-0.05, 0) is 36.2 Å². The lowest BCUT2D eigenvalue weighted by atomic mass is 10.1. The highest BCUT2D eigenvalue weighted by molar-refractivity contribution is 6.02. The molecule has 162 valence electrons. The molecule has 4 aromatic rings. The molecule has 32 heavy (non-hydrogen) atoms. The normalized spacial score (nSPS) is 10.5. The Balaban J connectivity index is 1.30. The number of ether oxygens (including phenoxy) is 1. The third-order valence-corrected chi connectivity index (χ3v) is 4.64. The van der Waals surface area contributed by atoms with E-state index in [1.165, 1.54) is 11.8 Å². The van der Waals surface area contributed by atoms with E-state index in [0.717, 1.165) is 12.0 Å². The van der Waals surface area contributed by atoms with Crippen LogP contribution < -0.4 is 15.4 Å². The second-order valence-corrected chi connectivity index (χ2v) is 6.92. The number of benzene rings is 2. The molecule has 0 saturated heterocycles. The van der Waals surface area contributed by atoms with Crippen molar-refractivity contribution in [3.05, 3.63) is 84.3 Å². The fourth-order valence-electron chi connectivity index (χ4n) is 2.97. The van der Waals surface area contributed by atoms with Gasteiger partial charge in [0.1, 0.15) is 11.4 Å². The van der Waals surface area contributed by atoms with Crippen LogP contribution in [-0.4, -0.2) is 23.6 Å². The maximum atomic E-state index is 12.2. The maximum absolute atomic E-state index is 12.2. The number of nitrogens with one attached hydrogen (secondary N) is 2. The summed E-state index contributed by atoms with van der Waals surface area (Å²) >= 11 is 0. The van der Waals surface area contributed by atoms with Crippen LogP contribution in [0.4, 0.5) is 11.6 Å². The number of amides is 2. The summed E-state index contributed by atoms with van der Waals surface area (Å²) in [6, 6.07) is 19.5. The lowest BCUT2D eigenvalue weighted by Crippen LogP contribution is -2.20. The van der Waals surface area contributed by atoms with E-state index in [2.05, 4.69) is 22.7 Å². The van der Waals surface area contributed by atoms with E-state index in [9.17, 15) is 9.59 Å². The van der Waals surface area contributed by atoms with E-state index in [-0.39, 0.29) is 24.2 Å². The monoisotopic (exact) mass is 431 g/mol. The van der Waals surface area contributed by atoms with Gasteiger partial charge in [0.2, 0.25) is 5.88 Å². The fraction of sp³-hybridized carbons (Fsp3) is 0.125. The van der Waals surface area contributed by atoms with E-state index in [1.807, 2.05) is 24.3 Å². The van der Waals surface area contributed by atoms with Gasteiger partial charge in [0.25, 0.3) is 11.8 Å². The maximum Gasteiger partial charge on any atom is 0.291 e. The standard InChI is InChI=1S/C24H21N3O5/c1-2-16-8-10-17(11-9-16)20-14-23(32-27-20)26-22(28)15-31-19-6-3-5-18(13-19)25-24(29)21-7-4-12-30-21/h3-14H,2,15H2,1H3,(H,25,29)(H,26,28). The van der Waals surface area contributed by atoms with Gasteiger partial charge >= 0.3 is 0 Å². The van der Waals surface area contributed by atoms with E-state index >= 15 is 0 Å². The quantitative estimate of drug-likeness (QED) is 0.416. The smallest absolute Gasteiger partial charge is 0.291 e. The summed E-state index contributed by atoms with van der Waals surface area (Å²) in [5, 5.41) is 9.31. The highest BCUT2D eigenvalue weighted by Gasteiger charge is 2.12. The molecule has 0 aliphatic rings. The van der Waals surface area contributed by atoms with Crippen LogP contribution in [0.2, 0.25) is 0 Å². The molecule has 0 aliphatic heterocycles. The Morgan fingerprint density at radius 1 is 1.00 bits per heavy atom. The predicted molar refractivity (Wildman–Crippen MR) is 119 cm³/mol. The minimum atomic E-state index is -0.404. The van der Waals surface area contributed by atoms with E-state index in [1.54, 1.807) is 42.5 Å². The molecule has 2 heterocycles. The van der Waals surface area contributed by atoms with Crippen molar-refractivity contribution in [2.75, 3.05) is 17.2 Å². The lowest BCUT2D eigenvalue weighted by Gasteiger charge is -2.08. The van der Waals surface area contributed by atoms with Gasteiger partial charge in [-0.15, -0.1) is 0 Å². The van der Waals surface area contributed by atoms with Gasteiger partial charge in [-0.2, -0.15) is 0 Å². The molecule has 0 fully saturated rings. The van der Waals surface area contributed by atoms with Crippen LogP contribution in [0.15, 0.2) is 81.9 Å². The van der Waals surface area contributed by atoms with Crippen LogP contribution in [0.3, 0.4) is 0 Å². The summed E-state index contributed by atoms with van der Waals surface area (Å²) < 4.78 is 15.8. The van der Waals surface area contributed by atoms with E-state index < -0.39 is 5.91 Å². The summed E-state index contributed by atoms with van der Waals surface area (Å²) in [5.74, 6) is 0.0668. The second-order valence-electron chi connectivity index (χ2n) is 6.92. The van der Waals surface area contributed by atoms with Crippen LogP contribution in [0, 0.1) is 0 Å². The molecule has 2 N–H and O–H groups in total. The van der Waals surface area contributed by atoms with E-state index in [0.29, 0.717) is 17.1 Å². The highest BCUT2D eigenvalue weighted by Crippen LogP contribution is 2.23. The highest BCUT2D eigenvalue weighted by atomic mass is 16.5. The Hall–Kier alpha value is -4.33. The molecule has 0 unspecified atom stereocenters. The predicted octanol–water partition coefficient (Wildman–Crippen LogP) is 4.77. The molecular weight excluding hydrogens is 410 g/mol. The molecule has 0 saturated carbocycles. The average Bonchev–Trinajstić information content (AvgIpc) is 3.51. The number of nitrogens with zero attached hydrogens (tertiary/aromatic N) is 1. The number of anilines is 2. The van der Waals surface area contributed by atoms with Gasteiger partial charge in [0, 0.05) is 23.4 Å². The Morgan fingerprint density at radius 3 is 2.59 bits per heavy atom. The van der Waals surface area contributed by atoms with Crippen molar-refractivity contribution < 1.29 is 23.3 Å². The van der Waals surface area contributed by atoms with Crippen LogP contribution in [0.5, 0.6) is 5.75 Å². The molecule has 0 bridgehead atoms. The SMILES string of the molecule is CCc1ccc(-c2cc(NC(=O)COc3cccc(NC(=O)c4ccco4)c3)on2)cc1. The van der Waals surface area contributed by atoms with Gasteiger partial charge in [-0.3, -0.25) is 14.9 Å². The Labute approximate surface area is 184 Å². The molecule has 2 amide bonds. The first-order valence-corrected chi connectivity index (χ1v) is 10.0. The zero-order valence-electron chi connectivity index (χ0n) is 17.3. The number of hydrogen-bond donors (Lipinski definition) is 2. The van der Waals surface area contributed by atoms with Crippen LogP contribution in [-0.2, 0) is 11.2 Å². The van der Waals surface area contributed by atoms with Gasteiger partial charge in [0.05, 0.1) is 6.26 Å². The van der Waals surface area contributed by atoms with Crippen LogP contribution >= 0.6 is 0 Å². The Bertz CT molecular complexity index is 1200. The second kappa shape index (κ2) is 9.65. The first kappa shape index (κ1) is 20.9. The summed E-state index contributed by atoms with van der Waals surface area (Å²) in [6.07, 6.45) is 2.38. The summed E-state index contributed by atoms with van der Waals surface area (Å²) in [7, 11) is 0. The molecule has 0 radical (unpaired) electrons. The van der Waals surface area contributed by atoms with Crippen molar-refractivity contribution in [3.8, 4) is 17.0 Å². The van der Waals surface area contributed by atoms with Crippen molar-refractivity contribution in [2.45, 2.75) is 13.3 Å². The summed E-state index contributed by atoms with van der Waals surface area (Å²) in [4.78, 5) is 24.3. The first-order valence-electron chi connectivity index (χ1n) is 10.0. The van der Waals surface area contributed by atoms with Crippen molar-refractivity contribution in [1.29, 1.82) is 0 Å². The number of aromatic nitrogens is 1. The summed E-state index contributed by atoms with van der Waals surface area (Å²) in [6.45, 7) is 1.85. The zero-order valence-corrected chi connectivity index (χ0v) is 17.3. The molecule has 0 atom stereocenters. The minimum absolute atomic E-state index is 0.198. The van der Waals surface area contributed by atoms with Crippen molar-refractivity contribution in [1.82, 2.24) is 5.16 Å². The average molecular weight is 431 g/mol. The Kier molecular flexibility index (Phi) is 6.31. The van der Waals surface area contributed by atoms with Crippen molar-refractivity contribution in [2.24, 2.45) is 0 Å². The third-order valence-electron chi connectivity index (χ3n) is 4.64. The first-order chi connectivity index (χ1) is 15.6. The molecule has 0 spiro atoms. The van der Waals surface area contributed by atoms with Crippen molar-refractivity contribution >= 4 is 23.4 Å². The third kappa shape index (κ3) is 5.23. The number of aryl methyl sites for hydroxylation is 1. The largest absolute Gasteiger partial charge is 0.484 e. The van der Waals surface area contributed by atoms with Gasteiger partial charge in [-0.25, -0.2) is 0 Å². The number of rotatable bonds is 8. The molecule has 0 aliphatic carbocycles. The Morgan fingerprint density at radius 2 is 1.84 bits per heavy atom. The number of hydrogen-bond acceptors (Lipinski definition) is 6. The molecule has 2 aromatic carbocycles. The molecule has 4 rings (SSSR count). The molecule has 2 aromatic heterocycles. The molecule has 8 nitrogen and oxygen atoms in total. The number of carbonyl (C=O) groups excluding carboxylic acids is 2. The fourth-order valence-corrected chi connectivity index (χ4v) is 2.97. The van der Waals surface area contributed by atoms with Crippen molar-refractivity contribution in [3.63, 3.8) is 0 Å². The topological polar surface area (TPSA) is 107 Å². The van der Waals surface area contributed by atoms with Gasteiger partial charge in [-0.1, -0.05) is 42.4 Å². The van der Waals surface area contributed by atoms with Gasteiger partial charge in [0.15, 0.2) is 12.4 Å². The van der Waals surface area contributed by atoms with Crippen LogP contribution in [0.1, 0.15) is 23.0 Å². The lowest BCUT2D eigenvalue weighted by molar-refractivity contribution is -0.118. The summed E-state index contributed by atoms with van der Waals surface area (Å²) in [5.41, 5.74) is 3.27. The zero-order chi connectivity index (χ0) is 22.3. The molecular formula is C24H21N3O5.